The van der Waals surface area contributed by atoms with Crippen LogP contribution in [0.2, 0.25) is 0 Å². The molecule has 0 heterocycles. The minimum Gasteiger partial charge on any atom is -0.348 e. The maximum Gasteiger partial charge on any atom is 0.200 e. The van der Waals surface area contributed by atoms with Crippen molar-refractivity contribution in [3.8, 4) is 0 Å². The van der Waals surface area contributed by atoms with E-state index >= 15 is 0 Å². The monoisotopic (exact) mass is 270 g/mol. The molecule has 0 radical (unpaired) electrons. The Morgan fingerprint density at radius 3 is 1.39 bits per heavy atom. The van der Waals surface area contributed by atoms with Crippen LogP contribution in [-0.2, 0) is 9.47 Å². The first kappa shape index (κ1) is 14.8. The molecule has 0 aliphatic heterocycles. The number of ether oxygens (including phenoxy) is 2. The first-order valence-electron chi connectivity index (χ1n) is 5.20. The van der Waals surface area contributed by atoms with Crippen molar-refractivity contribution in [1.82, 2.24) is 0 Å². The van der Waals surface area contributed by atoms with Crippen molar-refractivity contribution in [2.75, 3.05) is 13.2 Å². The van der Waals surface area contributed by atoms with Crippen LogP contribution in [0.25, 0.3) is 0 Å². The molecule has 2 nitrogen and oxygen atoms in total. The van der Waals surface area contributed by atoms with E-state index in [1.807, 2.05) is 0 Å². The van der Waals surface area contributed by atoms with Crippen molar-refractivity contribution < 1.29 is 31.4 Å². The fourth-order valence-electron chi connectivity index (χ4n) is 1.35. The first-order valence-corrected chi connectivity index (χ1v) is 5.20. The summed E-state index contributed by atoms with van der Waals surface area (Å²) >= 11 is 0. The van der Waals surface area contributed by atoms with Gasteiger partial charge in [0.1, 0.15) is 0 Å². The summed E-state index contributed by atoms with van der Waals surface area (Å²) in [6.07, 6.45) is -1.63. The molecule has 1 aromatic rings. The van der Waals surface area contributed by atoms with Gasteiger partial charge in [-0.3, -0.25) is 0 Å². The van der Waals surface area contributed by atoms with Gasteiger partial charge in [-0.2, -0.15) is 0 Å². The van der Waals surface area contributed by atoms with E-state index in [9.17, 15) is 22.0 Å². The van der Waals surface area contributed by atoms with Crippen LogP contribution in [0, 0.1) is 29.1 Å². The molecule has 0 spiro atoms. The number of benzene rings is 1. The molecular weight excluding hydrogens is 259 g/mol. The van der Waals surface area contributed by atoms with Crippen LogP contribution in [-0.4, -0.2) is 13.2 Å². The molecule has 0 amide bonds. The van der Waals surface area contributed by atoms with Gasteiger partial charge in [0, 0.05) is 13.2 Å². The summed E-state index contributed by atoms with van der Waals surface area (Å²) < 4.78 is 75.2. The Labute approximate surface area is 100 Å². The molecule has 0 aliphatic carbocycles. The lowest BCUT2D eigenvalue weighted by atomic mass is 10.1. The highest BCUT2D eigenvalue weighted by molar-refractivity contribution is 5.25. The Hall–Kier alpha value is -1.21. The fourth-order valence-corrected chi connectivity index (χ4v) is 1.35. The zero-order valence-corrected chi connectivity index (χ0v) is 9.70. The van der Waals surface area contributed by atoms with E-state index in [4.69, 9.17) is 9.47 Å². The van der Waals surface area contributed by atoms with Gasteiger partial charge in [0.05, 0.1) is 5.56 Å². The smallest absolute Gasteiger partial charge is 0.200 e. The summed E-state index contributed by atoms with van der Waals surface area (Å²) in [7, 11) is 0. The lowest BCUT2D eigenvalue weighted by Crippen LogP contribution is -2.16. The van der Waals surface area contributed by atoms with Crippen LogP contribution in [0.15, 0.2) is 0 Å². The Balaban J connectivity index is 3.37. The Morgan fingerprint density at radius 1 is 0.722 bits per heavy atom. The average Bonchev–Trinajstić information content (AvgIpc) is 2.35. The molecule has 0 saturated carbocycles. The second-order valence-corrected chi connectivity index (χ2v) is 3.23. The van der Waals surface area contributed by atoms with Gasteiger partial charge in [0.15, 0.2) is 29.6 Å². The van der Waals surface area contributed by atoms with Crippen LogP contribution in [0.4, 0.5) is 22.0 Å². The number of halogens is 5. The Kier molecular flexibility index (Phi) is 5.03. The highest BCUT2D eigenvalue weighted by Gasteiger charge is 2.31. The molecule has 7 heteroatoms. The summed E-state index contributed by atoms with van der Waals surface area (Å²) in [5.74, 6) is -10.1. The summed E-state index contributed by atoms with van der Waals surface area (Å²) in [4.78, 5) is 0. The topological polar surface area (TPSA) is 18.5 Å². The van der Waals surface area contributed by atoms with Gasteiger partial charge in [-0.25, -0.2) is 22.0 Å². The lowest BCUT2D eigenvalue weighted by molar-refractivity contribution is -0.144. The van der Waals surface area contributed by atoms with Gasteiger partial charge < -0.3 is 9.47 Å². The van der Waals surface area contributed by atoms with Crippen LogP contribution < -0.4 is 0 Å². The molecule has 0 unspecified atom stereocenters. The molecule has 1 rings (SSSR count). The fraction of sp³-hybridized carbons (Fsp3) is 0.455. The van der Waals surface area contributed by atoms with E-state index in [2.05, 4.69) is 0 Å². The largest absolute Gasteiger partial charge is 0.348 e. The average molecular weight is 270 g/mol. The third-order valence-electron chi connectivity index (χ3n) is 2.12. The summed E-state index contributed by atoms with van der Waals surface area (Å²) in [5, 5.41) is 0. The minimum absolute atomic E-state index is 0.00976. The van der Waals surface area contributed by atoms with Crippen LogP contribution in [0.3, 0.4) is 0 Å². The minimum atomic E-state index is -2.21. The summed E-state index contributed by atoms with van der Waals surface area (Å²) in [6.45, 7) is 2.98. The second kappa shape index (κ2) is 6.10. The lowest BCUT2D eigenvalue weighted by Gasteiger charge is -2.19. The number of hydrogen-bond acceptors (Lipinski definition) is 2. The van der Waals surface area contributed by atoms with E-state index in [0.717, 1.165) is 0 Å². The normalized spacial score (nSPS) is 11.3. The van der Waals surface area contributed by atoms with Gasteiger partial charge in [-0.05, 0) is 13.8 Å². The van der Waals surface area contributed by atoms with Crippen LogP contribution in [0.5, 0.6) is 0 Å². The van der Waals surface area contributed by atoms with E-state index in [-0.39, 0.29) is 13.2 Å². The van der Waals surface area contributed by atoms with Crippen molar-refractivity contribution in [3.05, 3.63) is 34.6 Å². The zero-order valence-electron chi connectivity index (χ0n) is 9.70. The first-order chi connectivity index (χ1) is 8.45. The molecular formula is C11H11F5O2. The molecule has 18 heavy (non-hydrogen) atoms. The number of hydrogen-bond donors (Lipinski definition) is 0. The molecule has 0 fully saturated rings. The van der Waals surface area contributed by atoms with Crippen molar-refractivity contribution in [3.63, 3.8) is 0 Å². The standard InChI is InChI=1S/C11H11F5O2/c1-3-17-11(18-4-2)5-6(12)8(14)10(16)9(15)7(5)13/h11H,3-4H2,1-2H3. The van der Waals surface area contributed by atoms with E-state index in [1.165, 1.54) is 13.8 Å². The van der Waals surface area contributed by atoms with E-state index in [1.54, 1.807) is 0 Å². The zero-order chi connectivity index (χ0) is 13.9. The third kappa shape index (κ3) is 2.62. The van der Waals surface area contributed by atoms with Crippen molar-refractivity contribution in [1.29, 1.82) is 0 Å². The Bertz CT molecular complexity index is 401. The predicted molar refractivity (Wildman–Crippen MR) is 52.2 cm³/mol. The Morgan fingerprint density at radius 2 is 1.06 bits per heavy atom. The summed E-state index contributed by atoms with van der Waals surface area (Å²) in [6, 6.07) is 0. The van der Waals surface area contributed by atoms with Crippen molar-refractivity contribution in [2.24, 2.45) is 0 Å². The molecule has 0 bridgehead atoms. The van der Waals surface area contributed by atoms with Crippen molar-refractivity contribution in [2.45, 2.75) is 20.1 Å². The molecule has 1 aromatic carbocycles. The molecule has 102 valence electrons. The molecule has 0 aromatic heterocycles. The van der Waals surface area contributed by atoms with Crippen LogP contribution in [0.1, 0.15) is 25.7 Å². The molecule has 0 atom stereocenters. The van der Waals surface area contributed by atoms with Gasteiger partial charge in [0.2, 0.25) is 5.82 Å². The van der Waals surface area contributed by atoms with Gasteiger partial charge in [-0.15, -0.1) is 0 Å². The van der Waals surface area contributed by atoms with Crippen molar-refractivity contribution >= 4 is 0 Å². The molecule has 0 N–H and O–H groups in total. The SMILES string of the molecule is CCOC(OCC)c1c(F)c(F)c(F)c(F)c1F. The number of rotatable bonds is 5. The van der Waals surface area contributed by atoms with E-state index in [0.29, 0.717) is 0 Å². The van der Waals surface area contributed by atoms with E-state index < -0.39 is 40.9 Å². The highest BCUT2D eigenvalue weighted by Crippen LogP contribution is 2.30. The maximum atomic E-state index is 13.4. The summed E-state index contributed by atoms with van der Waals surface area (Å²) in [5.41, 5.74) is -1.12. The highest BCUT2D eigenvalue weighted by atomic mass is 19.2. The molecule has 0 saturated heterocycles. The van der Waals surface area contributed by atoms with Crippen LogP contribution >= 0.6 is 0 Å². The second-order valence-electron chi connectivity index (χ2n) is 3.23. The van der Waals surface area contributed by atoms with Gasteiger partial charge in [-0.1, -0.05) is 0 Å². The molecule has 0 aliphatic rings. The third-order valence-corrected chi connectivity index (χ3v) is 2.12. The predicted octanol–water partition coefficient (Wildman–Crippen LogP) is 3.45. The van der Waals surface area contributed by atoms with Gasteiger partial charge in [0.25, 0.3) is 0 Å². The quantitative estimate of drug-likeness (QED) is 0.353. The van der Waals surface area contributed by atoms with Gasteiger partial charge >= 0.3 is 0 Å². The maximum absolute atomic E-state index is 13.4.